The summed E-state index contributed by atoms with van der Waals surface area (Å²) in [5.41, 5.74) is 2.04. The van der Waals surface area contributed by atoms with E-state index in [1.54, 1.807) is 0 Å². The minimum absolute atomic E-state index is 0.780. The zero-order chi connectivity index (χ0) is 11.5. The monoisotopic (exact) mass is 237 g/mol. The molecule has 0 aliphatic heterocycles. The summed E-state index contributed by atoms with van der Waals surface area (Å²) in [6.07, 6.45) is 0. The molecule has 0 fully saturated rings. The number of benzene rings is 2. The Labute approximate surface area is 104 Å². The minimum Gasteiger partial charge on any atom is -0.215 e. The maximum atomic E-state index is 4.53. The molecule has 0 bridgehead atoms. The quantitative estimate of drug-likeness (QED) is 0.679. The third kappa shape index (κ3) is 2.10. The Morgan fingerprint density at radius 2 is 1.76 bits per heavy atom. The van der Waals surface area contributed by atoms with E-state index in [-0.39, 0.29) is 0 Å². The summed E-state index contributed by atoms with van der Waals surface area (Å²) in [4.78, 5) is 4.53. The van der Waals surface area contributed by atoms with Crippen molar-refractivity contribution < 1.29 is 0 Å². The van der Waals surface area contributed by atoms with Crippen LogP contribution >= 0.6 is 11.5 Å². The van der Waals surface area contributed by atoms with Gasteiger partial charge in [0.1, 0.15) is 5.01 Å². The predicted octanol–water partition coefficient (Wildman–Crippen LogP) is 3.67. The van der Waals surface area contributed by atoms with E-state index in [4.69, 9.17) is 0 Å². The molecule has 0 aliphatic carbocycles. The number of hydrogen-bond donors (Lipinski definition) is 0. The molecule has 0 spiro atoms. The number of rotatable bonds is 2. The lowest BCUT2D eigenvalue weighted by atomic mass is 10.2. The molecular weight excluding hydrogens is 228 g/mol. The fourth-order valence-corrected chi connectivity index (χ4v) is 2.24. The largest absolute Gasteiger partial charge is 0.215 e. The van der Waals surface area contributed by atoms with Crippen LogP contribution in [-0.2, 0) is 0 Å². The summed E-state index contributed by atoms with van der Waals surface area (Å²) in [7, 11) is 0. The summed E-state index contributed by atoms with van der Waals surface area (Å²) in [6, 6.07) is 21.0. The molecule has 1 radical (unpaired) electrons. The smallest absolute Gasteiger partial charge is 0.173 e. The molecule has 0 amide bonds. The molecule has 17 heavy (non-hydrogen) atoms. The molecule has 0 saturated carbocycles. The van der Waals surface area contributed by atoms with E-state index in [0.29, 0.717) is 0 Å². The van der Waals surface area contributed by atoms with Crippen molar-refractivity contribution in [1.29, 1.82) is 0 Å². The first-order chi connectivity index (χ1) is 8.43. The van der Waals surface area contributed by atoms with Gasteiger partial charge in [0.05, 0.1) is 0 Å². The van der Waals surface area contributed by atoms with Gasteiger partial charge in [-0.1, -0.05) is 54.6 Å². The Bertz CT molecular complexity index is 548. The zero-order valence-electron chi connectivity index (χ0n) is 9.00. The van der Waals surface area contributed by atoms with Crippen LogP contribution in [0.25, 0.3) is 22.0 Å². The summed E-state index contributed by atoms with van der Waals surface area (Å²) < 4.78 is 4.37. The van der Waals surface area contributed by atoms with Crippen LogP contribution in [0.2, 0.25) is 0 Å². The zero-order valence-corrected chi connectivity index (χ0v) is 9.82. The Balaban J connectivity index is 1.99. The summed E-state index contributed by atoms with van der Waals surface area (Å²) in [5, 5.41) is 0.907. The Morgan fingerprint density at radius 1 is 0.941 bits per heavy atom. The Morgan fingerprint density at radius 3 is 2.53 bits per heavy atom. The number of hydrogen-bond acceptors (Lipinski definition) is 3. The molecule has 0 aliphatic rings. The Hall–Kier alpha value is -2.00. The third-order valence-corrected chi connectivity index (χ3v) is 3.15. The van der Waals surface area contributed by atoms with Gasteiger partial charge in [0.15, 0.2) is 5.82 Å². The molecule has 81 valence electrons. The normalized spacial score (nSPS) is 10.4. The average Bonchev–Trinajstić information content (AvgIpc) is 2.90. The second-order valence-corrected chi connectivity index (χ2v) is 4.32. The van der Waals surface area contributed by atoms with Crippen LogP contribution in [0.15, 0.2) is 54.6 Å². The van der Waals surface area contributed by atoms with E-state index in [1.807, 2.05) is 54.6 Å². The maximum absolute atomic E-state index is 4.53. The molecule has 0 N–H and O–H groups in total. The van der Waals surface area contributed by atoms with Gasteiger partial charge in [-0.2, -0.15) is 4.37 Å². The van der Waals surface area contributed by atoms with E-state index in [1.165, 1.54) is 11.5 Å². The van der Waals surface area contributed by atoms with Crippen LogP contribution < -0.4 is 0 Å². The third-order valence-electron chi connectivity index (χ3n) is 2.40. The van der Waals surface area contributed by atoms with Gasteiger partial charge in [-0.05, 0) is 17.6 Å². The Kier molecular flexibility index (Phi) is 2.68. The topological polar surface area (TPSA) is 25.8 Å². The molecule has 2 nitrogen and oxygen atoms in total. The van der Waals surface area contributed by atoms with E-state index in [2.05, 4.69) is 15.4 Å². The molecule has 0 unspecified atom stereocenters. The molecule has 0 saturated heterocycles. The number of nitrogens with zero attached hydrogens (tertiary/aromatic N) is 2. The molecule has 1 aromatic heterocycles. The van der Waals surface area contributed by atoms with Crippen LogP contribution in [0.4, 0.5) is 0 Å². The van der Waals surface area contributed by atoms with Crippen molar-refractivity contribution >= 4 is 11.5 Å². The van der Waals surface area contributed by atoms with Crippen molar-refractivity contribution in [2.45, 2.75) is 0 Å². The molecule has 3 heteroatoms. The first-order valence-corrected chi connectivity index (χ1v) is 6.07. The standard InChI is InChI=1S/C14H9N2S/c1-3-7-11(8-4-1)13-15-14(17-16-13)12-9-5-2-6-10-12/h1-9H. The van der Waals surface area contributed by atoms with E-state index in [0.717, 1.165) is 22.0 Å². The van der Waals surface area contributed by atoms with Crippen molar-refractivity contribution in [3.05, 3.63) is 60.7 Å². The van der Waals surface area contributed by atoms with E-state index < -0.39 is 0 Å². The van der Waals surface area contributed by atoms with Gasteiger partial charge in [-0.3, -0.25) is 0 Å². The van der Waals surface area contributed by atoms with Gasteiger partial charge in [0.2, 0.25) is 0 Å². The SMILES string of the molecule is [c]1ccccc1-c1nc(-c2ccccc2)ns1. The highest BCUT2D eigenvalue weighted by Gasteiger charge is 2.07. The molecule has 0 atom stereocenters. The van der Waals surface area contributed by atoms with Crippen LogP contribution in [0.1, 0.15) is 0 Å². The molecule has 1 heterocycles. The fourth-order valence-electron chi connectivity index (χ4n) is 1.56. The highest BCUT2D eigenvalue weighted by molar-refractivity contribution is 7.09. The summed E-state index contributed by atoms with van der Waals surface area (Å²) >= 11 is 1.41. The fraction of sp³-hybridized carbons (Fsp3) is 0. The molecule has 2 aromatic carbocycles. The van der Waals surface area contributed by atoms with Gasteiger partial charge < -0.3 is 0 Å². The van der Waals surface area contributed by atoms with Crippen LogP contribution in [0, 0.1) is 6.07 Å². The van der Waals surface area contributed by atoms with E-state index >= 15 is 0 Å². The maximum Gasteiger partial charge on any atom is 0.173 e. The van der Waals surface area contributed by atoms with Gasteiger partial charge in [0.25, 0.3) is 0 Å². The second-order valence-electron chi connectivity index (χ2n) is 3.57. The second kappa shape index (κ2) is 4.47. The van der Waals surface area contributed by atoms with Gasteiger partial charge in [0, 0.05) is 11.1 Å². The van der Waals surface area contributed by atoms with E-state index in [9.17, 15) is 0 Å². The highest BCUT2D eigenvalue weighted by Crippen LogP contribution is 2.24. The predicted molar refractivity (Wildman–Crippen MR) is 69.6 cm³/mol. The van der Waals surface area contributed by atoms with Crippen molar-refractivity contribution in [3.8, 4) is 22.0 Å². The van der Waals surface area contributed by atoms with Crippen molar-refractivity contribution in [1.82, 2.24) is 9.36 Å². The first-order valence-electron chi connectivity index (χ1n) is 5.30. The van der Waals surface area contributed by atoms with Crippen LogP contribution in [0.5, 0.6) is 0 Å². The van der Waals surface area contributed by atoms with Gasteiger partial charge in [-0.25, -0.2) is 4.98 Å². The van der Waals surface area contributed by atoms with Crippen molar-refractivity contribution in [2.24, 2.45) is 0 Å². The summed E-state index contributed by atoms with van der Waals surface area (Å²) in [6.45, 7) is 0. The molecule has 3 rings (SSSR count). The summed E-state index contributed by atoms with van der Waals surface area (Å²) in [5.74, 6) is 0.780. The first kappa shape index (κ1) is 10.2. The van der Waals surface area contributed by atoms with Crippen LogP contribution in [0.3, 0.4) is 0 Å². The number of aromatic nitrogens is 2. The van der Waals surface area contributed by atoms with Crippen LogP contribution in [-0.4, -0.2) is 9.36 Å². The van der Waals surface area contributed by atoms with Gasteiger partial charge >= 0.3 is 0 Å². The lowest BCUT2D eigenvalue weighted by Gasteiger charge is -1.93. The van der Waals surface area contributed by atoms with Crippen molar-refractivity contribution in [2.75, 3.05) is 0 Å². The lowest BCUT2D eigenvalue weighted by molar-refractivity contribution is 1.32. The average molecular weight is 237 g/mol. The van der Waals surface area contributed by atoms with Gasteiger partial charge in [-0.15, -0.1) is 0 Å². The minimum atomic E-state index is 0.780. The van der Waals surface area contributed by atoms with Crippen molar-refractivity contribution in [3.63, 3.8) is 0 Å². The molecule has 3 aromatic rings. The highest BCUT2D eigenvalue weighted by atomic mass is 32.1. The molecular formula is C14H9N2S. The lowest BCUT2D eigenvalue weighted by Crippen LogP contribution is -1.80.